The van der Waals surface area contributed by atoms with Gasteiger partial charge in [-0.2, -0.15) is 0 Å². The lowest BCUT2D eigenvalue weighted by molar-refractivity contribution is -0.117. The average molecular weight is 367 g/mol. The predicted octanol–water partition coefficient (Wildman–Crippen LogP) is 2.97. The molecule has 140 valence electrons. The van der Waals surface area contributed by atoms with E-state index in [2.05, 4.69) is 17.6 Å². The quantitative estimate of drug-likeness (QED) is 0.778. The third-order valence-electron chi connectivity index (χ3n) is 4.99. The van der Waals surface area contributed by atoms with Crippen molar-refractivity contribution >= 4 is 21.4 Å². The van der Waals surface area contributed by atoms with Gasteiger partial charge >= 0.3 is 0 Å². The molecular formula is C19H30N2O3S. The van der Waals surface area contributed by atoms with Gasteiger partial charge in [0.2, 0.25) is 5.91 Å². The SMILES string of the molecule is CC(CC(=O)Nc1cccc(CS(=O)(=O)C(C)C)c1)C1CCNCC1. The van der Waals surface area contributed by atoms with E-state index in [-0.39, 0.29) is 11.7 Å². The first-order valence-electron chi connectivity index (χ1n) is 9.09. The molecule has 1 amide bonds. The van der Waals surface area contributed by atoms with Crippen LogP contribution in [0.5, 0.6) is 0 Å². The van der Waals surface area contributed by atoms with Gasteiger partial charge in [0.15, 0.2) is 9.84 Å². The van der Waals surface area contributed by atoms with Crippen LogP contribution < -0.4 is 10.6 Å². The molecule has 1 fully saturated rings. The normalized spacial score (nSPS) is 17.4. The fourth-order valence-electron chi connectivity index (χ4n) is 3.22. The largest absolute Gasteiger partial charge is 0.326 e. The second-order valence-corrected chi connectivity index (χ2v) is 9.93. The standard InChI is InChI=1S/C19H30N2O3S/c1-14(2)25(23,24)13-16-5-4-6-18(12-16)21-19(22)11-15(3)17-7-9-20-10-8-17/h4-6,12,14-15,17,20H,7-11,13H2,1-3H3,(H,21,22). The monoisotopic (exact) mass is 366 g/mol. The molecule has 1 aromatic carbocycles. The highest BCUT2D eigenvalue weighted by Gasteiger charge is 2.22. The first kappa shape index (κ1) is 19.9. The molecule has 5 nitrogen and oxygen atoms in total. The van der Waals surface area contributed by atoms with Crippen molar-refractivity contribution in [3.63, 3.8) is 0 Å². The van der Waals surface area contributed by atoms with Crippen LogP contribution in [0.3, 0.4) is 0 Å². The second kappa shape index (κ2) is 8.81. The number of amides is 1. The zero-order valence-corrected chi connectivity index (χ0v) is 16.2. The summed E-state index contributed by atoms with van der Waals surface area (Å²) in [5, 5.41) is 5.86. The Hall–Kier alpha value is -1.40. The zero-order chi connectivity index (χ0) is 18.4. The van der Waals surface area contributed by atoms with E-state index in [1.165, 1.54) is 0 Å². The summed E-state index contributed by atoms with van der Waals surface area (Å²) < 4.78 is 24.1. The van der Waals surface area contributed by atoms with Gasteiger partial charge in [-0.3, -0.25) is 4.79 Å². The summed E-state index contributed by atoms with van der Waals surface area (Å²) in [6.45, 7) is 7.57. The second-order valence-electron chi connectivity index (χ2n) is 7.37. The Bertz CT molecular complexity index is 680. The van der Waals surface area contributed by atoms with Crippen LogP contribution >= 0.6 is 0 Å². The van der Waals surface area contributed by atoms with Crippen LogP contribution in [0.15, 0.2) is 24.3 Å². The lowest BCUT2D eigenvalue weighted by Gasteiger charge is -2.27. The zero-order valence-electron chi connectivity index (χ0n) is 15.4. The van der Waals surface area contributed by atoms with Gasteiger partial charge < -0.3 is 10.6 Å². The summed E-state index contributed by atoms with van der Waals surface area (Å²) in [7, 11) is -3.15. The Kier molecular flexibility index (Phi) is 7.02. The molecule has 2 rings (SSSR count). The maximum absolute atomic E-state index is 12.3. The Morgan fingerprint density at radius 1 is 1.24 bits per heavy atom. The van der Waals surface area contributed by atoms with Gasteiger partial charge in [-0.05, 0) is 69.3 Å². The van der Waals surface area contributed by atoms with E-state index >= 15 is 0 Å². The molecule has 2 N–H and O–H groups in total. The molecule has 0 aliphatic carbocycles. The number of anilines is 1. The van der Waals surface area contributed by atoms with Gasteiger partial charge in [-0.1, -0.05) is 19.1 Å². The van der Waals surface area contributed by atoms with Gasteiger partial charge in [-0.25, -0.2) is 8.42 Å². The van der Waals surface area contributed by atoms with Crippen LogP contribution in [-0.2, 0) is 20.4 Å². The topological polar surface area (TPSA) is 75.3 Å². The first-order chi connectivity index (χ1) is 11.8. The highest BCUT2D eigenvalue weighted by atomic mass is 32.2. The summed E-state index contributed by atoms with van der Waals surface area (Å²) in [6, 6.07) is 7.13. The summed E-state index contributed by atoms with van der Waals surface area (Å²) in [5.41, 5.74) is 1.37. The molecule has 0 radical (unpaired) electrons. The van der Waals surface area contributed by atoms with Crippen molar-refractivity contribution in [3.05, 3.63) is 29.8 Å². The number of benzene rings is 1. The lowest BCUT2D eigenvalue weighted by atomic mass is 9.84. The number of carbonyl (C=O) groups is 1. The van der Waals surface area contributed by atoms with E-state index in [1.807, 2.05) is 0 Å². The highest BCUT2D eigenvalue weighted by molar-refractivity contribution is 7.91. The minimum atomic E-state index is -3.15. The molecule has 25 heavy (non-hydrogen) atoms. The van der Waals surface area contributed by atoms with E-state index in [0.29, 0.717) is 29.5 Å². The number of nitrogens with one attached hydrogen (secondary N) is 2. The van der Waals surface area contributed by atoms with Crippen molar-refractivity contribution < 1.29 is 13.2 Å². The summed E-state index contributed by atoms with van der Waals surface area (Å²) in [4.78, 5) is 12.3. The number of carbonyl (C=O) groups excluding carboxylic acids is 1. The van der Waals surface area contributed by atoms with E-state index in [9.17, 15) is 13.2 Å². The van der Waals surface area contributed by atoms with Crippen LogP contribution in [0.2, 0.25) is 0 Å². The molecular weight excluding hydrogens is 336 g/mol. The smallest absolute Gasteiger partial charge is 0.224 e. The molecule has 1 aliphatic heterocycles. The van der Waals surface area contributed by atoms with Crippen LogP contribution in [0.25, 0.3) is 0 Å². The first-order valence-corrected chi connectivity index (χ1v) is 10.8. The maximum atomic E-state index is 12.3. The molecule has 0 saturated carbocycles. The Morgan fingerprint density at radius 2 is 1.92 bits per heavy atom. The number of hydrogen-bond donors (Lipinski definition) is 2. The molecule has 1 aromatic rings. The van der Waals surface area contributed by atoms with Gasteiger partial charge in [-0.15, -0.1) is 0 Å². The van der Waals surface area contributed by atoms with Crippen molar-refractivity contribution in [2.24, 2.45) is 11.8 Å². The summed E-state index contributed by atoms with van der Waals surface area (Å²) in [5.74, 6) is 0.941. The Balaban J connectivity index is 1.93. The summed E-state index contributed by atoms with van der Waals surface area (Å²) >= 11 is 0. The molecule has 0 bridgehead atoms. The van der Waals surface area contributed by atoms with Crippen molar-refractivity contribution in [1.29, 1.82) is 0 Å². The van der Waals surface area contributed by atoms with Gasteiger partial charge in [0.05, 0.1) is 11.0 Å². The van der Waals surface area contributed by atoms with Gasteiger partial charge in [0.25, 0.3) is 0 Å². The molecule has 0 spiro atoms. The minimum absolute atomic E-state index is 0.000145. The molecule has 0 aromatic heterocycles. The molecule has 1 aliphatic rings. The minimum Gasteiger partial charge on any atom is -0.326 e. The lowest BCUT2D eigenvalue weighted by Crippen LogP contribution is -2.32. The predicted molar refractivity (Wildman–Crippen MR) is 102 cm³/mol. The van der Waals surface area contributed by atoms with Crippen molar-refractivity contribution in [2.45, 2.75) is 51.0 Å². The van der Waals surface area contributed by atoms with E-state index in [0.717, 1.165) is 25.9 Å². The van der Waals surface area contributed by atoms with E-state index < -0.39 is 15.1 Å². The highest BCUT2D eigenvalue weighted by Crippen LogP contribution is 2.25. The Morgan fingerprint density at radius 3 is 2.56 bits per heavy atom. The van der Waals surface area contributed by atoms with Crippen molar-refractivity contribution in [2.75, 3.05) is 18.4 Å². The van der Waals surface area contributed by atoms with Crippen LogP contribution in [0, 0.1) is 11.8 Å². The van der Waals surface area contributed by atoms with Crippen LogP contribution in [0.1, 0.15) is 45.6 Å². The molecule has 6 heteroatoms. The maximum Gasteiger partial charge on any atom is 0.224 e. The number of sulfone groups is 1. The number of rotatable bonds is 7. The van der Waals surface area contributed by atoms with E-state index in [1.54, 1.807) is 38.1 Å². The van der Waals surface area contributed by atoms with Gasteiger partial charge in [0.1, 0.15) is 0 Å². The van der Waals surface area contributed by atoms with Crippen molar-refractivity contribution in [3.8, 4) is 0 Å². The van der Waals surface area contributed by atoms with E-state index in [4.69, 9.17) is 0 Å². The Labute approximate surface area is 151 Å². The third-order valence-corrected chi connectivity index (χ3v) is 7.16. The van der Waals surface area contributed by atoms with Crippen LogP contribution in [-0.4, -0.2) is 32.7 Å². The van der Waals surface area contributed by atoms with Gasteiger partial charge in [0, 0.05) is 12.1 Å². The fraction of sp³-hybridized carbons (Fsp3) is 0.632. The fourth-order valence-corrected chi connectivity index (χ4v) is 4.20. The van der Waals surface area contributed by atoms with Crippen LogP contribution in [0.4, 0.5) is 5.69 Å². The average Bonchev–Trinajstić information content (AvgIpc) is 2.55. The third kappa shape index (κ3) is 6.12. The molecule has 1 saturated heterocycles. The number of piperidine rings is 1. The summed E-state index contributed by atoms with van der Waals surface area (Å²) in [6.07, 6.45) is 2.74. The molecule has 1 atom stereocenters. The molecule has 1 unspecified atom stereocenters. The van der Waals surface area contributed by atoms with Crippen molar-refractivity contribution in [1.82, 2.24) is 5.32 Å². The molecule has 1 heterocycles. The number of hydrogen-bond acceptors (Lipinski definition) is 4.